The summed E-state index contributed by atoms with van der Waals surface area (Å²) < 4.78 is 6.36. The first kappa shape index (κ1) is 15.2. The molecule has 1 heterocycles. The third-order valence-corrected chi connectivity index (χ3v) is 3.24. The van der Waals surface area contributed by atoms with Crippen LogP contribution >= 0.6 is 15.9 Å². The number of amides is 1. The molecule has 0 aliphatic rings. The van der Waals surface area contributed by atoms with Crippen LogP contribution in [0.25, 0.3) is 0 Å². The van der Waals surface area contributed by atoms with E-state index in [9.17, 15) is 4.79 Å². The molecule has 2 aromatic rings. The summed E-state index contributed by atoms with van der Waals surface area (Å²) in [5.74, 6) is 0.280. The van der Waals surface area contributed by atoms with Crippen LogP contribution in [-0.2, 0) is 4.79 Å². The zero-order chi connectivity index (χ0) is 15.1. The quantitative estimate of drug-likeness (QED) is 0.668. The van der Waals surface area contributed by atoms with Crippen LogP contribution in [-0.4, -0.2) is 23.2 Å². The van der Waals surface area contributed by atoms with Crippen molar-refractivity contribution >= 4 is 28.1 Å². The molecule has 0 radical (unpaired) electrons. The van der Waals surface area contributed by atoms with E-state index in [1.165, 1.54) is 6.21 Å². The molecule has 1 amide bonds. The molecule has 0 aliphatic heterocycles. The van der Waals surface area contributed by atoms with Gasteiger partial charge < -0.3 is 4.74 Å². The van der Waals surface area contributed by atoms with Gasteiger partial charge in [0.15, 0.2) is 6.10 Å². The van der Waals surface area contributed by atoms with Crippen LogP contribution in [0.1, 0.15) is 12.5 Å². The van der Waals surface area contributed by atoms with Gasteiger partial charge in [0.1, 0.15) is 5.75 Å². The minimum absolute atomic E-state index is 0.328. The molecule has 0 fully saturated rings. The van der Waals surface area contributed by atoms with Crippen molar-refractivity contribution in [1.29, 1.82) is 0 Å². The Morgan fingerprint density at radius 2 is 2.19 bits per heavy atom. The standard InChI is InChI=1S/C15H14BrN3O2/c1-11(21-14-7-3-2-6-13(14)16)15(20)19-18-10-12-5-4-8-17-9-12/h2-11H,1H3,(H,19,20)/b18-10+. The molecule has 108 valence electrons. The molecule has 0 bridgehead atoms. The van der Waals surface area contributed by atoms with Crippen molar-refractivity contribution < 1.29 is 9.53 Å². The summed E-state index contributed by atoms with van der Waals surface area (Å²) in [6, 6.07) is 11.0. The van der Waals surface area contributed by atoms with Crippen LogP contribution in [0.2, 0.25) is 0 Å². The number of rotatable bonds is 5. The van der Waals surface area contributed by atoms with Crippen molar-refractivity contribution in [3.05, 3.63) is 58.8 Å². The van der Waals surface area contributed by atoms with Gasteiger partial charge in [0, 0.05) is 18.0 Å². The zero-order valence-electron chi connectivity index (χ0n) is 11.4. The number of hydrogen-bond acceptors (Lipinski definition) is 4. The number of halogens is 1. The molecule has 1 unspecified atom stereocenters. The van der Waals surface area contributed by atoms with Crippen molar-refractivity contribution in [2.24, 2.45) is 5.10 Å². The molecule has 2 rings (SSSR count). The Bertz CT molecular complexity index is 632. The highest BCUT2D eigenvalue weighted by Crippen LogP contribution is 2.24. The minimum atomic E-state index is -0.658. The number of pyridine rings is 1. The van der Waals surface area contributed by atoms with E-state index in [2.05, 4.69) is 31.4 Å². The Balaban J connectivity index is 1.88. The van der Waals surface area contributed by atoms with Gasteiger partial charge in [-0.05, 0) is 41.1 Å². The molecule has 0 saturated carbocycles. The number of aromatic nitrogens is 1. The van der Waals surface area contributed by atoms with Gasteiger partial charge in [0.25, 0.3) is 5.91 Å². The van der Waals surface area contributed by atoms with Crippen molar-refractivity contribution in [3.8, 4) is 5.75 Å². The monoisotopic (exact) mass is 347 g/mol. The van der Waals surface area contributed by atoms with Crippen LogP contribution in [0.4, 0.5) is 0 Å². The second kappa shape index (κ2) is 7.54. The highest BCUT2D eigenvalue weighted by atomic mass is 79.9. The third kappa shape index (κ3) is 4.68. The fourth-order valence-electron chi connectivity index (χ4n) is 1.50. The SMILES string of the molecule is CC(Oc1ccccc1Br)C(=O)N/N=C/c1cccnc1. The number of para-hydroxylation sites is 1. The van der Waals surface area contributed by atoms with Gasteiger partial charge in [0.05, 0.1) is 10.7 Å². The predicted octanol–water partition coefficient (Wildman–Crippen LogP) is 2.76. The first-order valence-electron chi connectivity index (χ1n) is 6.31. The maximum atomic E-state index is 11.9. The average Bonchev–Trinajstić information content (AvgIpc) is 2.50. The lowest BCUT2D eigenvalue weighted by Gasteiger charge is -2.13. The van der Waals surface area contributed by atoms with E-state index in [-0.39, 0.29) is 5.91 Å². The predicted molar refractivity (Wildman–Crippen MR) is 84.2 cm³/mol. The molecular formula is C15H14BrN3O2. The summed E-state index contributed by atoms with van der Waals surface area (Å²) in [4.78, 5) is 15.8. The molecular weight excluding hydrogens is 334 g/mol. The molecule has 1 aromatic carbocycles. The summed E-state index contributed by atoms with van der Waals surface area (Å²) >= 11 is 3.36. The maximum Gasteiger partial charge on any atom is 0.280 e. The lowest BCUT2D eigenvalue weighted by molar-refractivity contribution is -0.127. The Kier molecular flexibility index (Phi) is 5.45. The molecule has 0 aliphatic carbocycles. The van der Waals surface area contributed by atoms with Crippen LogP contribution < -0.4 is 10.2 Å². The Morgan fingerprint density at radius 3 is 2.90 bits per heavy atom. The lowest BCUT2D eigenvalue weighted by atomic mass is 10.3. The first-order valence-corrected chi connectivity index (χ1v) is 7.10. The van der Waals surface area contributed by atoms with Crippen LogP contribution in [0.5, 0.6) is 5.75 Å². The van der Waals surface area contributed by atoms with E-state index in [1.54, 1.807) is 31.5 Å². The first-order chi connectivity index (χ1) is 10.2. The van der Waals surface area contributed by atoms with E-state index in [0.717, 1.165) is 10.0 Å². The fraction of sp³-hybridized carbons (Fsp3) is 0.133. The molecule has 5 nitrogen and oxygen atoms in total. The van der Waals surface area contributed by atoms with Crippen molar-refractivity contribution in [3.63, 3.8) is 0 Å². The topological polar surface area (TPSA) is 63.6 Å². The number of ether oxygens (including phenoxy) is 1. The van der Waals surface area contributed by atoms with Gasteiger partial charge >= 0.3 is 0 Å². The van der Waals surface area contributed by atoms with Crippen LogP contribution in [0, 0.1) is 0 Å². The molecule has 1 aromatic heterocycles. The molecule has 1 N–H and O–H groups in total. The van der Waals surface area contributed by atoms with E-state index in [1.807, 2.05) is 24.3 Å². The fourth-order valence-corrected chi connectivity index (χ4v) is 1.88. The van der Waals surface area contributed by atoms with Gasteiger partial charge in [-0.25, -0.2) is 5.43 Å². The number of carbonyl (C=O) groups excluding carboxylic acids is 1. The lowest BCUT2D eigenvalue weighted by Crippen LogP contribution is -2.33. The Morgan fingerprint density at radius 1 is 1.38 bits per heavy atom. The number of nitrogens with zero attached hydrogens (tertiary/aromatic N) is 2. The molecule has 6 heteroatoms. The number of hydrogen-bond donors (Lipinski definition) is 1. The second-order valence-corrected chi connectivity index (χ2v) is 5.07. The largest absolute Gasteiger partial charge is 0.480 e. The average molecular weight is 348 g/mol. The van der Waals surface area contributed by atoms with Gasteiger partial charge in [0.2, 0.25) is 0 Å². The Hall–Kier alpha value is -2.21. The van der Waals surface area contributed by atoms with E-state index in [0.29, 0.717) is 5.75 Å². The smallest absolute Gasteiger partial charge is 0.280 e. The minimum Gasteiger partial charge on any atom is -0.480 e. The van der Waals surface area contributed by atoms with E-state index < -0.39 is 6.10 Å². The van der Waals surface area contributed by atoms with Gasteiger partial charge in [-0.15, -0.1) is 0 Å². The normalized spacial score (nSPS) is 12.1. The van der Waals surface area contributed by atoms with Crippen LogP contribution in [0.15, 0.2) is 58.4 Å². The van der Waals surface area contributed by atoms with E-state index in [4.69, 9.17) is 4.74 Å². The second-order valence-electron chi connectivity index (χ2n) is 4.21. The van der Waals surface area contributed by atoms with Gasteiger partial charge in [-0.1, -0.05) is 18.2 Å². The number of nitrogens with one attached hydrogen (secondary N) is 1. The molecule has 0 saturated heterocycles. The van der Waals surface area contributed by atoms with Crippen LogP contribution in [0.3, 0.4) is 0 Å². The van der Waals surface area contributed by atoms with Crippen molar-refractivity contribution in [1.82, 2.24) is 10.4 Å². The Labute approximate surface area is 131 Å². The molecule has 0 spiro atoms. The number of benzene rings is 1. The van der Waals surface area contributed by atoms with Gasteiger partial charge in [-0.3, -0.25) is 9.78 Å². The van der Waals surface area contributed by atoms with Crippen molar-refractivity contribution in [2.75, 3.05) is 0 Å². The molecule has 21 heavy (non-hydrogen) atoms. The summed E-state index contributed by atoms with van der Waals surface area (Å²) in [6.07, 6.45) is 4.19. The summed E-state index contributed by atoms with van der Waals surface area (Å²) in [6.45, 7) is 1.66. The summed E-state index contributed by atoms with van der Waals surface area (Å²) in [5, 5.41) is 3.87. The van der Waals surface area contributed by atoms with E-state index >= 15 is 0 Å². The number of hydrazone groups is 1. The van der Waals surface area contributed by atoms with Crippen molar-refractivity contribution in [2.45, 2.75) is 13.0 Å². The highest BCUT2D eigenvalue weighted by Gasteiger charge is 2.14. The summed E-state index contributed by atoms with van der Waals surface area (Å²) in [7, 11) is 0. The maximum absolute atomic E-state index is 11.9. The third-order valence-electron chi connectivity index (χ3n) is 2.58. The molecule has 1 atom stereocenters. The highest BCUT2D eigenvalue weighted by molar-refractivity contribution is 9.10. The summed E-state index contributed by atoms with van der Waals surface area (Å²) in [5.41, 5.74) is 3.24. The number of carbonyl (C=O) groups is 1. The zero-order valence-corrected chi connectivity index (χ0v) is 12.9. The van der Waals surface area contributed by atoms with Gasteiger partial charge in [-0.2, -0.15) is 5.10 Å².